The van der Waals surface area contributed by atoms with Crippen LogP contribution in [0.2, 0.25) is 0 Å². The number of methoxy groups -OCH3 is 1. The third kappa shape index (κ3) is 4.36. The number of hydrogen-bond acceptors (Lipinski definition) is 3. The highest BCUT2D eigenvalue weighted by Crippen LogP contribution is 2.18. The molecule has 1 amide bonds. The Hall–Kier alpha value is -2.33. The fourth-order valence-corrected chi connectivity index (χ4v) is 3.04. The van der Waals surface area contributed by atoms with E-state index in [0.29, 0.717) is 5.56 Å². The molecule has 0 saturated carbocycles. The minimum atomic E-state index is -0.104. The second-order valence-corrected chi connectivity index (χ2v) is 6.22. The van der Waals surface area contributed by atoms with Crippen LogP contribution in [0.5, 0.6) is 5.75 Å². The van der Waals surface area contributed by atoms with Crippen molar-refractivity contribution in [1.82, 2.24) is 4.90 Å². The first-order valence-electron chi connectivity index (χ1n) is 8.51. The molecular weight excluding hydrogens is 300 g/mol. The lowest BCUT2D eigenvalue weighted by atomic mass is 10.1. The predicted molar refractivity (Wildman–Crippen MR) is 96.5 cm³/mol. The van der Waals surface area contributed by atoms with Gasteiger partial charge < -0.3 is 10.1 Å². The van der Waals surface area contributed by atoms with Crippen molar-refractivity contribution in [3.63, 3.8) is 0 Å². The summed E-state index contributed by atoms with van der Waals surface area (Å²) in [6.07, 6.45) is 3.93. The molecule has 4 nitrogen and oxygen atoms in total. The maximum Gasteiger partial charge on any atom is 0.255 e. The van der Waals surface area contributed by atoms with Crippen LogP contribution in [0.3, 0.4) is 0 Å². The molecule has 0 bridgehead atoms. The lowest BCUT2D eigenvalue weighted by Gasteiger charge is -2.26. The second-order valence-electron chi connectivity index (χ2n) is 6.22. The number of piperidine rings is 1. The minimum Gasteiger partial charge on any atom is -0.497 e. The number of amides is 1. The Labute approximate surface area is 143 Å². The van der Waals surface area contributed by atoms with Crippen LogP contribution >= 0.6 is 0 Å². The number of carbonyl (C=O) groups excluding carboxylic acids is 1. The van der Waals surface area contributed by atoms with Crippen molar-refractivity contribution in [1.29, 1.82) is 0 Å². The van der Waals surface area contributed by atoms with E-state index in [1.807, 2.05) is 36.4 Å². The fraction of sp³-hybridized carbons (Fsp3) is 0.350. The smallest absolute Gasteiger partial charge is 0.255 e. The molecule has 0 unspecified atom stereocenters. The standard InChI is InChI=1S/C20H24N2O2/c1-24-19-7-5-6-18(14-19)21-20(23)17-10-8-16(9-11-17)15-22-12-3-2-4-13-22/h5-11,14H,2-4,12-13,15H2,1H3,(H,21,23). The lowest BCUT2D eigenvalue weighted by Crippen LogP contribution is -2.29. The molecule has 0 radical (unpaired) electrons. The highest BCUT2D eigenvalue weighted by molar-refractivity contribution is 6.04. The number of rotatable bonds is 5. The Bertz CT molecular complexity index is 676. The van der Waals surface area contributed by atoms with Gasteiger partial charge in [-0.05, 0) is 55.8 Å². The summed E-state index contributed by atoms with van der Waals surface area (Å²) in [6.45, 7) is 3.33. The zero-order valence-corrected chi connectivity index (χ0v) is 14.1. The first-order chi connectivity index (χ1) is 11.7. The molecule has 0 aliphatic carbocycles. The summed E-state index contributed by atoms with van der Waals surface area (Å²) in [6, 6.07) is 15.3. The van der Waals surface area contributed by atoms with Crippen molar-refractivity contribution in [3.8, 4) is 5.75 Å². The quantitative estimate of drug-likeness (QED) is 0.906. The summed E-state index contributed by atoms with van der Waals surface area (Å²) in [5.41, 5.74) is 2.66. The molecule has 1 N–H and O–H groups in total. The molecule has 1 heterocycles. The van der Waals surface area contributed by atoms with Gasteiger partial charge in [0.25, 0.3) is 5.91 Å². The number of likely N-dealkylation sites (tertiary alicyclic amines) is 1. The molecule has 1 saturated heterocycles. The van der Waals surface area contributed by atoms with Crippen LogP contribution in [0.1, 0.15) is 35.2 Å². The predicted octanol–water partition coefficient (Wildman–Crippen LogP) is 3.93. The van der Waals surface area contributed by atoms with Gasteiger partial charge in [0.2, 0.25) is 0 Å². The van der Waals surface area contributed by atoms with Gasteiger partial charge in [0.05, 0.1) is 7.11 Å². The summed E-state index contributed by atoms with van der Waals surface area (Å²) < 4.78 is 5.17. The van der Waals surface area contributed by atoms with Gasteiger partial charge in [0.15, 0.2) is 0 Å². The van der Waals surface area contributed by atoms with Crippen molar-refractivity contribution < 1.29 is 9.53 Å². The van der Waals surface area contributed by atoms with Crippen LogP contribution in [-0.2, 0) is 6.54 Å². The number of benzene rings is 2. The number of hydrogen-bond donors (Lipinski definition) is 1. The lowest BCUT2D eigenvalue weighted by molar-refractivity contribution is 0.102. The molecule has 4 heteroatoms. The van der Waals surface area contributed by atoms with Crippen molar-refractivity contribution in [2.45, 2.75) is 25.8 Å². The van der Waals surface area contributed by atoms with E-state index in [2.05, 4.69) is 22.3 Å². The monoisotopic (exact) mass is 324 g/mol. The van der Waals surface area contributed by atoms with E-state index >= 15 is 0 Å². The molecule has 2 aromatic carbocycles. The number of nitrogens with one attached hydrogen (secondary N) is 1. The Morgan fingerprint density at radius 1 is 1.08 bits per heavy atom. The van der Waals surface area contributed by atoms with Gasteiger partial charge >= 0.3 is 0 Å². The normalized spacial score (nSPS) is 15.0. The van der Waals surface area contributed by atoms with Gasteiger partial charge in [-0.2, -0.15) is 0 Å². The molecular formula is C20H24N2O2. The van der Waals surface area contributed by atoms with Crippen LogP contribution in [0.15, 0.2) is 48.5 Å². The molecule has 126 valence electrons. The molecule has 2 aromatic rings. The molecule has 0 spiro atoms. The number of anilines is 1. The maximum absolute atomic E-state index is 12.4. The largest absolute Gasteiger partial charge is 0.497 e. The van der Waals surface area contributed by atoms with Crippen LogP contribution in [0.4, 0.5) is 5.69 Å². The number of nitrogens with zero attached hydrogens (tertiary/aromatic N) is 1. The molecule has 1 aliphatic rings. The second kappa shape index (κ2) is 7.97. The highest BCUT2D eigenvalue weighted by atomic mass is 16.5. The zero-order valence-electron chi connectivity index (χ0n) is 14.1. The van der Waals surface area contributed by atoms with Crippen LogP contribution in [-0.4, -0.2) is 31.0 Å². The first kappa shape index (κ1) is 16.5. The zero-order chi connectivity index (χ0) is 16.8. The Morgan fingerprint density at radius 3 is 2.54 bits per heavy atom. The van der Waals surface area contributed by atoms with E-state index in [-0.39, 0.29) is 5.91 Å². The van der Waals surface area contributed by atoms with Crippen molar-refractivity contribution in [3.05, 3.63) is 59.7 Å². The summed E-state index contributed by atoms with van der Waals surface area (Å²) in [7, 11) is 1.61. The average Bonchev–Trinajstić information content (AvgIpc) is 2.63. The van der Waals surface area contributed by atoms with Crippen molar-refractivity contribution >= 4 is 11.6 Å². The van der Waals surface area contributed by atoms with Gasteiger partial charge in [-0.15, -0.1) is 0 Å². The Kier molecular flexibility index (Phi) is 5.49. The van der Waals surface area contributed by atoms with Crippen LogP contribution in [0, 0.1) is 0 Å². The van der Waals surface area contributed by atoms with Gasteiger partial charge in [-0.3, -0.25) is 9.69 Å². The highest BCUT2D eigenvalue weighted by Gasteiger charge is 2.11. The van der Waals surface area contributed by atoms with Crippen molar-refractivity contribution in [2.24, 2.45) is 0 Å². The number of ether oxygens (including phenoxy) is 1. The van der Waals surface area contributed by atoms with E-state index in [9.17, 15) is 4.79 Å². The van der Waals surface area contributed by atoms with E-state index in [0.717, 1.165) is 18.0 Å². The Morgan fingerprint density at radius 2 is 1.83 bits per heavy atom. The first-order valence-corrected chi connectivity index (χ1v) is 8.51. The van der Waals surface area contributed by atoms with Crippen LogP contribution in [0.25, 0.3) is 0 Å². The van der Waals surface area contributed by atoms with Crippen molar-refractivity contribution in [2.75, 3.05) is 25.5 Å². The topological polar surface area (TPSA) is 41.6 Å². The Balaban J connectivity index is 1.60. The van der Waals surface area contributed by atoms with Gasteiger partial charge in [0.1, 0.15) is 5.75 Å². The van der Waals surface area contributed by atoms with Gasteiger partial charge in [-0.1, -0.05) is 24.6 Å². The van der Waals surface area contributed by atoms with E-state index in [1.165, 1.54) is 37.9 Å². The number of carbonyl (C=O) groups is 1. The molecule has 1 aliphatic heterocycles. The summed E-state index contributed by atoms with van der Waals surface area (Å²) in [5, 5.41) is 2.90. The minimum absolute atomic E-state index is 0.104. The molecule has 1 fully saturated rings. The third-order valence-electron chi connectivity index (χ3n) is 4.40. The summed E-state index contributed by atoms with van der Waals surface area (Å²) >= 11 is 0. The molecule has 0 atom stereocenters. The van der Waals surface area contributed by atoms with Gasteiger partial charge in [0, 0.05) is 23.9 Å². The average molecular weight is 324 g/mol. The van der Waals surface area contributed by atoms with E-state index < -0.39 is 0 Å². The SMILES string of the molecule is COc1cccc(NC(=O)c2ccc(CN3CCCCC3)cc2)c1. The molecule has 24 heavy (non-hydrogen) atoms. The third-order valence-corrected chi connectivity index (χ3v) is 4.40. The molecule has 0 aromatic heterocycles. The van der Waals surface area contributed by atoms with Crippen LogP contribution < -0.4 is 10.1 Å². The maximum atomic E-state index is 12.4. The summed E-state index contributed by atoms with van der Waals surface area (Å²) in [4.78, 5) is 14.8. The molecule has 3 rings (SSSR count). The van der Waals surface area contributed by atoms with Gasteiger partial charge in [-0.25, -0.2) is 0 Å². The summed E-state index contributed by atoms with van der Waals surface area (Å²) in [5.74, 6) is 0.623. The van der Waals surface area contributed by atoms with E-state index in [4.69, 9.17) is 4.74 Å². The fourth-order valence-electron chi connectivity index (χ4n) is 3.04. The van der Waals surface area contributed by atoms with E-state index in [1.54, 1.807) is 7.11 Å².